The first-order valence-electron chi connectivity index (χ1n) is 12.6. The van der Waals surface area contributed by atoms with Gasteiger partial charge >= 0.3 is 0 Å². The first-order chi connectivity index (χ1) is 17.6. The van der Waals surface area contributed by atoms with Gasteiger partial charge in [-0.1, -0.05) is 98.0 Å². The summed E-state index contributed by atoms with van der Waals surface area (Å²) >= 11 is 0. The Labute approximate surface area is 213 Å². The monoisotopic (exact) mass is 468 g/mol. The molecule has 36 heavy (non-hydrogen) atoms. The molecule has 5 aromatic carbocycles. The first kappa shape index (κ1) is 23.6. The Kier molecular flexibility index (Phi) is 6.96. The SMILES string of the molecule is CCCCc1ccc(C#Cc2c(C)cc(-c3ccc(-c4ccc5ccccc5c4)cc3)cc2F)cc1. The number of aryl methyl sites for hydroxylation is 2. The van der Waals surface area contributed by atoms with E-state index in [0.717, 1.165) is 34.2 Å². The van der Waals surface area contributed by atoms with Crippen LogP contribution in [0.4, 0.5) is 4.39 Å². The summed E-state index contributed by atoms with van der Waals surface area (Å²) in [5, 5.41) is 2.46. The molecular weight excluding hydrogens is 439 g/mol. The van der Waals surface area contributed by atoms with Gasteiger partial charge < -0.3 is 0 Å². The second-order valence-corrected chi connectivity index (χ2v) is 9.34. The lowest BCUT2D eigenvalue weighted by molar-refractivity contribution is 0.623. The Morgan fingerprint density at radius 1 is 0.639 bits per heavy atom. The minimum atomic E-state index is -0.282. The molecule has 0 radical (unpaired) electrons. The van der Waals surface area contributed by atoms with Crippen LogP contribution in [0.15, 0.2) is 103 Å². The van der Waals surface area contributed by atoms with Gasteiger partial charge in [0, 0.05) is 5.56 Å². The zero-order chi connectivity index (χ0) is 24.9. The Bertz CT molecular complexity index is 1540. The molecule has 0 aliphatic carbocycles. The Hall–Kier alpha value is -4.15. The largest absolute Gasteiger partial charge is 0.206 e. The van der Waals surface area contributed by atoms with Gasteiger partial charge in [-0.15, -0.1) is 0 Å². The van der Waals surface area contributed by atoms with E-state index >= 15 is 4.39 Å². The average Bonchev–Trinajstić information content (AvgIpc) is 2.92. The number of benzene rings is 5. The molecule has 0 N–H and O–H groups in total. The molecule has 0 aromatic heterocycles. The van der Waals surface area contributed by atoms with Crippen molar-refractivity contribution in [2.75, 3.05) is 0 Å². The first-order valence-corrected chi connectivity index (χ1v) is 12.6. The molecule has 0 bridgehead atoms. The summed E-state index contributed by atoms with van der Waals surface area (Å²) < 4.78 is 15.1. The summed E-state index contributed by atoms with van der Waals surface area (Å²) in [6.07, 6.45) is 3.46. The topological polar surface area (TPSA) is 0 Å². The predicted octanol–water partition coefficient (Wildman–Crippen LogP) is 9.36. The molecule has 5 aromatic rings. The Morgan fingerprint density at radius 2 is 1.31 bits per heavy atom. The molecular formula is C35H29F. The molecule has 0 saturated carbocycles. The minimum Gasteiger partial charge on any atom is -0.206 e. The van der Waals surface area contributed by atoms with Crippen LogP contribution in [0.1, 0.15) is 42.0 Å². The summed E-state index contributed by atoms with van der Waals surface area (Å²) in [7, 11) is 0. The van der Waals surface area contributed by atoms with Crippen LogP contribution in [0.5, 0.6) is 0 Å². The van der Waals surface area contributed by atoms with Gasteiger partial charge in [0.15, 0.2) is 0 Å². The number of halogens is 1. The lowest BCUT2D eigenvalue weighted by atomic mass is 9.96. The van der Waals surface area contributed by atoms with Crippen LogP contribution in [0.3, 0.4) is 0 Å². The fraction of sp³-hybridized carbons (Fsp3) is 0.143. The third kappa shape index (κ3) is 5.24. The van der Waals surface area contributed by atoms with Crippen molar-refractivity contribution in [3.63, 3.8) is 0 Å². The van der Waals surface area contributed by atoms with E-state index in [0.29, 0.717) is 5.56 Å². The van der Waals surface area contributed by atoms with Crippen LogP contribution in [-0.2, 0) is 6.42 Å². The molecule has 0 heterocycles. The maximum atomic E-state index is 15.1. The van der Waals surface area contributed by atoms with E-state index in [9.17, 15) is 0 Å². The highest BCUT2D eigenvalue weighted by Gasteiger charge is 2.09. The Morgan fingerprint density at radius 3 is 2.00 bits per heavy atom. The molecule has 0 aliphatic rings. The highest BCUT2D eigenvalue weighted by molar-refractivity contribution is 5.87. The van der Waals surface area contributed by atoms with E-state index in [1.807, 2.05) is 25.1 Å². The van der Waals surface area contributed by atoms with Gasteiger partial charge in [0.05, 0.1) is 5.56 Å². The van der Waals surface area contributed by atoms with Gasteiger partial charge in [-0.3, -0.25) is 0 Å². The zero-order valence-corrected chi connectivity index (χ0v) is 20.8. The number of unbranched alkanes of at least 4 members (excludes halogenated alkanes) is 1. The molecule has 0 atom stereocenters. The van der Waals surface area contributed by atoms with Crippen molar-refractivity contribution in [2.45, 2.75) is 33.1 Å². The van der Waals surface area contributed by atoms with Crippen LogP contribution in [-0.4, -0.2) is 0 Å². The molecule has 0 unspecified atom stereocenters. The number of rotatable bonds is 5. The summed E-state index contributed by atoms with van der Waals surface area (Å²) in [6, 6.07) is 35.1. The molecule has 0 fully saturated rings. The van der Waals surface area contributed by atoms with Crippen molar-refractivity contribution in [1.29, 1.82) is 0 Å². The molecule has 0 aliphatic heterocycles. The summed E-state index contributed by atoms with van der Waals surface area (Å²) in [5.41, 5.74) is 7.70. The van der Waals surface area contributed by atoms with Crippen LogP contribution < -0.4 is 0 Å². The van der Waals surface area contributed by atoms with Crippen molar-refractivity contribution < 1.29 is 4.39 Å². The zero-order valence-electron chi connectivity index (χ0n) is 20.8. The molecule has 0 amide bonds. The van der Waals surface area contributed by atoms with E-state index in [2.05, 4.69) is 97.6 Å². The van der Waals surface area contributed by atoms with Crippen LogP contribution >= 0.6 is 0 Å². The molecule has 0 spiro atoms. The van der Waals surface area contributed by atoms with Crippen LogP contribution in [0, 0.1) is 24.6 Å². The van der Waals surface area contributed by atoms with Crippen molar-refractivity contribution in [1.82, 2.24) is 0 Å². The molecule has 0 nitrogen and oxygen atoms in total. The molecule has 176 valence electrons. The molecule has 1 heteroatoms. The van der Waals surface area contributed by atoms with Crippen LogP contribution in [0.25, 0.3) is 33.0 Å². The minimum absolute atomic E-state index is 0.282. The fourth-order valence-corrected chi connectivity index (χ4v) is 4.56. The second-order valence-electron chi connectivity index (χ2n) is 9.34. The van der Waals surface area contributed by atoms with E-state index in [4.69, 9.17) is 0 Å². The summed E-state index contributed by atoms with van der Waals surface area (Å²) in [4.78, 5) is 0. The van der Waals surface area contributed by atoms with Crippen LogP contribution in [0.2, 0.25) is 0 Å². The van der Waals surface area contributed by atoms with Crippen molar-refractivity contribution in [3.8, 4) is 34.1 Å². The maximum Gasteiger partial charge on any atom is 0.139 e. The van der Waals surface area contributed by atoms with E-state index in [-0.39, 0.29) is 5.82 Å². The number of fused-ring (bicyclic) bond motifs is 1. The number of hydrogen-bond donors (Lipinski definition) is 0. The van der Waals surface area contributed by atoms with E-state index in [1.54, 1.807) is 6.07 Å². The molecule has 0 saturated heterocycles. The predicted molar refractivity (Wildman–Crippen MR) is 151 cm³/mol. The normalized spacial score (nSPS) is 10.8. The highest BCUT2D eigenvalue weighted by atomic mass is 19.1. The van der Waals surface area contributed by atoms with Gasteiger partial charge in [-0.05, 0) is 94.3 Å². The maximum absolute atomic E-state index is 15.1. The van der Waals surface area contributed by atoms with Gasteiger partial charge in [-0.2, -0.15) is 0 Å². The van der Waals surface area contributed by atoms with Crippen molar-refractivity contribution in [3.05, 3.63) is 131 Å². The lowest BCUT2D eigenvalue weighted by Gasteiger charge is -2.09. The third-order valence-corrected chi connectivity index (χ3v) is 6.69. The summed E-state index contributed by atoms with van der Waals surface area (Å²) in [5.74, 6) is 5.91. The van der Waals surface area contributed by atoms with Gasteiger partial charge in [0.1, 0.15) is 5.82 Å². The van der Waals surface area contributed by atoms with Gasteiger partial charge in [-0.25, -0.2) is 4.39 Å². The summed E-state index contributed by atoms with van der Waals surface area (Å²) in [6.45, 7) is 4.12. The number of hydrogen-bond acceptors (Lipinski definition) is 0. The average molecular weight is 469 g/mol. The third-order valence-electron chi connectivity index (χ3n) is 6.69. The van der Waals surface area contributed by atoms with E-state index < -0.39 is 0 Å². The van der Waals surface area contributed by atoms with Gasteiger partial charge in [0.25, 0.3) is 0 Å². The standard InChI is InChI=1S/C35H29F/c1-3-4-7-26-10-12-27(13-11-26)14-21-34-25(2)22-33(24-35(34)36)30-17-15-29(16-18-30)32-20-19-28-8-5-6-9-31(28)23-32/h5-6,8-13,15-20,22-24H,3-4,7H2,1-2H3. The van der Waals surface area contributed by atoms with E-state index in [1.165, 1.54) is 34.7 Å². The quantitative estimate of drug-likeness (QED) is 0.225. The lowest BCUT2D eigenvalue weighted by Crippen LogP contribution is -1.92. The molecule has 5 rings (SSSR count). The van der Waals surface area contributed by atoms with Crippen molar-refractivity contribution >= 4 is 10.8 Å². The second kappa shape index (κ2) is 10.6. The smallest absolute Gasteiger partial charge is 0.139 e. The highest BCUT2D eigenvalue weighted by Crippen LogP contribution is 2.29. The van der Waals surface area contributed by atoms with Crippen molar-refractivity contribution in [2.24, 2.45) is 0 Å². The van der Waals surface area contributed by atoms with Gasteiger partial charge in [0.2, 0.25) is 0 Å². The fourth-order valence-electron chi connectivity index (χ4n) is 4.56. The Balaban J connectivity index is 1.36.